The van der Waals surface area contributed by atoms with Crippen molar-refractivity contribution in [3.63, 3.8) is 0 Å². The summed E-state index contributed by atoms with van der Waals surface area (Å²) in [5.41, 5.74) is 0. The highest BCUT2D eigenvalue weighted by Gasteiger charge is 2.28. The molecule has 1 rings (SSSR count). The van der Waals surface area contributed by atoms with Crippen molar-refractivity contribution in [2.45, 2.75) is 25.3 Å². The molecule has 0 radical (unpaired) electrons. The lowest BCUT2D eigenvalue weighted by Crippen LogP contribution is -2.51. The lowest BCUT2D eigenvalue weighted by molar-refractivity contribution is -0.137. The molecule has 2 atom stereocenters. The Morgan fingerprint density at radius 3 is 2.74 bits per heavy atom. The number of nitrogens with zero attached hydrogens (tertiary/aromatic N) is 1. The van der Waals surface area contributed by atoms with E-state index in [1.54, 1.807) is 0 Å². The monoisotopic (exact) mass is 274 g/mol. The minimum Gasteiger partial charge on any atom is -0.481 e. The van der Waals surface area contributed by atoms with Crippen LogP contribution in [0, 0.1) is 5.92 Å². The standard InChI is InChI=1S/C12H22N2O5/c1-19-12(18)13-10-6-9(3-5-15)7-14(8-10)4-2-11(16)17/h9-10,15H,2-8H2,1H3,(H,13,18)(H,16,17). The third kappa shape index (κ3) is 5.89. The largest absolute Gasteiger partial charge is 0.481 e. The molecule has 7 heteroatoms. The van der Waals surface area contributed by atoms with E-state index in [4.69, 9.17) is 10.2 Å². The summed E-state index contributed by atoms with van der Waals surface area (Å²) in [5, 5.41) is 20.5. The first-order chi connectivity index (χ1) is 9.05. The predicted molar refractivity (Wildman–Crippen MR) is 67.8 cm³/mol. The lowest BCUT2D eigenvalue weighted by atomic mass is 9.91. The first-order valence-electron chi connectivity index (χ1n) is 6.44. The van der Waals surface area contributed by atoms with Crippen molar-refractivity contribution >= 4 is 12.1 Å². The summed E-state index contributed by atoms with van der Waals surface area (Å²) in [6, 6.07) is -0.0634. The summed E-state index contributed by atoms with van der Waals surface area (Å²) >= 11 is 0. The molecule has 0 bridgehead atoms. The molecular formula is C12H22N2O5. The van der Waals surface area contributed by atoms with Gasteiger partial charge < -0.3 is 25.2 Å². The summed E-state index contributed by atoms with van der Waals surface area (Å²) in [6.07, 6.45) is 1.03. The Balaban J connectivity index is 2.51. The number of carboxylic acids is 1. The SMILES string of the molecule is COC(=O)NC1CC(CCO)CN(CCC(=O)O)C1. The van der Waals surface area contributed by atoms with Crippen molar-refractivity contribution in [2.24, 2.45) is 5.92 Å². The number of aliphatic carboxylic acids is 1. The molecule has 1 aliphatic rings. The number of rotatable bonds is 6. The Morgan fingerprint density at radius 2 is 2.16 bits per heavy atom. The second kappa shape index (κ2) is 7.96. The van der Waals surface area contributed by atoms with Crippen LogP contribution in [0.2, 0.25) is 0 Å². The number of amides is 1. The minimum absolute atomic E-state index is 0.0634. The molecular weight excluding hydrogens is 252 g/mol. The maximum atomic E-state index is 11.2. The molecule has 0 spiro atoms. The van der Waals surface area contributed by atoms with E-state index in [1.807, 2.05) is 4.90 Å². The van der Waals surface area contributed by atoms with Gasteiger partial charge in [-0.25, -0.2) is 4.79 Å². The molecule has 1 fully saturated rings. The van der Waals surface area contributed by atoms with E-state index in [2.05, 4.69) is 10.1 Å². The molecule has 110 valence electrons. The summed E-state index contributed by atoms with van der Waals surface area (Å²) in [7, 11) is 1.31. The van der Waals surface area contributed by atoms with Gasteiger partial charge in [-0.2, -0.15) is 0 Å². The van der Waals surface area contributed by atoms with Crippen LogP contribution in [0.1, 0.15) is 19.3 Å². The molecule has 1 amide bonds. The van der Waals surface area contributed by atoms with E-state index in [0.717, 1.165) is 13.0 Å². The fourth-order valence-corrected chi connectivity index (χ4v) is 2.46. The van der Waals surface area contributed by atoms with Crippen molar-refractivity contribution in [3.8, 4) is 0 Å². The molecule has 2 unspecified atom stereocenters. The molecule has 0 aromatic carbocycles. The fourth-order valence-electron chi connectivity index (χ4n) is 2.46. The molecule has 3 N–H and O–H groups in total. The highest BCUT2D eigenvalue weighted by Crippen LogP contribution is 2.20. The van der Waals surface area contributed by atoms with Crippen LogP contribution in [0.5, 0.6) is 0 Å². The molecule has 0 saturated carbocycles. The molecule has 1 aliphatic heterocycles. The number of nitrogens with one attached hydrogen (secondary N) is 1. The number of ether oxygens (including phenoxy) is 1. The Labute approximate surface area is 112 Å². The second-order valence-electron chi connectivity index (χ2n) is 4.85. The van der Waals surface area contributed by atoms with Crippen LogP contribution >= 0.6 is 0 Å². The average Bonchev–Trinajstić information content (AvgIpc) is 2.36. The van der Waals surface area contributed by atoms with Crippen LogP contribution in [-0.4, -0.2) is 66.6 Å². The average molecular weight is 274 g/mol. The highest BCUT2D eigenvalue weighted by atomic mass is 16.5. The molecule has 0 aromatic heterocycles. The van der Waals surface area contributed by atoms with Crippen molar-refractivity contribution in [3.05, 3.63) is 0 Å². The summed E-state index contributed by atoms with van der Waals surface area (Å²) in [5.74, 6) is -0.573. The van der Waals surface area contributed by atoms with Gasteiger partial charge in [0.25, 0.3) is 0 Å². The van der Waals surface area contributed by atoms with Crippen LogP contribution < -0.4 is 5.32 Å². The van der Waals surface area contributed by atoms with E-state index in [-0.39, 0.29) is 25.0 Å². The summed E-state index contributed by atoms with van der Waals surface area (Å²) in [6.45, 7) is 1.93. The van der Waals surface area contributed by atoms with Crippen LogP contribution in [0.25, 0.3) is 0 Å². The number of carbonyl (C=O) groups excluding carboxylic acids is 1. The van der Waals surface area contributed by atoms with E-state index >= 15 is 0 Å². The number of likely N-dealkylation sites (tertiary alicyclic amines) is 1. The highest BCUT2D eigenvalue weighted by molar-refractivity contribution is 5.67. The van der Waals surface area contributed by atoms with Gasteiger partial charge in [0.2, 0.25) is 0 Å². The van der Waals surface area contributed by atoms with E-state index in [0.29, 0.717) is 19.5 Å². The van der Waals surface area contributed by atoms with Crippen molar-refractivity contribution in [1.29, 1.82) is 0 Å². The number of alkyl carbamates (subject to hydrolysis) is 1. The van der Waals surface area contributed by atoms with E-state index < -0.39 is 12.1 Å². The molecule has 0 aromatic rings. The number of hydrogen-bond donors (Lipinski definition) is 3. The van der Waals surface area contributed by atoms with Crippen LogP contribution in [-0.2, 0) is 9.53 Å². The number of methoxy groups -OCH3 is 1. The van der Waals surface area contributed by atoms with Gasteiger partial charge >= 0.3 is 12.1 Å². The number of aliphatic hydroxyl groups excluding tert-OH is 1. The molecule has 1 heterocycles. The number of aliphatic hydroxyl groups is 1. The second-order valence-corrected chi connectivity index (χ2v) is 4.85. The van der Waals surface area contributed by atoms with Gasteiger partial charge in [0.05, 0.1) is 13.5 Å². The Bertz CT molecular complexity index is 310. The minimum atomic E-state index is -0.832. The maximum Gasteiger partial charge on any atom is 0.407 e. The van der Waals surface area contributed by atoms with Gasteiger partial charge in [0.1, 0.15) is 0 Å². The molecule has 7 nitrogen and oxygen atoms in total. The molecule has 0 aliphatic carbocycles. The Hall–Kier alpha value is -1.34. The summed E-state index contributed by atoms with van der Waals surface area (Å²) < 4.78 is 4.57. The predicted octanol–water partition coefficient (Wildman–Crippen LogP) is -0.110. The van der Waals surface area contributed by atoms with Gasteiger partial charge in [-0.15, -0.1) is 0 Å². The van der Waals surface area contributed by atoms with Crippen LogP contribution in [0.3, 0.4) is 0 Å². The van der Waals surface area contributed by atoms with Crippen molar-refractivity contribution in [2.75, 3.05) is 33.4 Å². The first kappa shape index (κ1) is 15.7. The zero-order valence-corrected chi connectivity index (χ0v) is 11.2. The first-order valence-corrected chi connectivity index (χ1v) is 6.44. The van der Waals surface area contributed by atoms with E-state index in [1.165, 1.54) is 7.11 Å². The van der Waals surface area contributed by atoms with Gasteiger partial charge in [-0.3, -0.25) is 4.79 Å². The van der Waals surface area contributed by atoms with Crippen molar-refractivity contribution in [1.82, 2.24) is 10.2 Å². The zero-order chi connectivity index (χ0) is 14.3. The number of carboxylic acid groups (broad SMARTS) is 1. The lowest BCUT2D eigenvalue weighted by Gasteiger charge is -2.37. The quantitative estimate of drug-likeness (QED) is 0.625. The maximum absolute atomic E-state index is 11.2. The fraction of sp³-hybridized carbons (Fsp3) is 0.833. The Kier molecular flexibility index (Phi) is 6.58. The van der Waals surface area contributed by atoms with Gasteiger partial charge in [-0.1, -0.05) is 0 Å². The molecule has 1 saturated heterocycles. The van der Waals surface area contributed by atoms with E-state index in [9.17, 15) is 9.59 Å². The number of hydrogen-bond acceptors (Lipinski definition) is 5. The van der Waals surface area contributed by atoms with Crippen LogP contribution in [0.4, 0.5) is 4.79 Å². The van der Waals surface area contributed by atoms with Gasteiger partial charge in [0.15, 0.2) is 0 Å². The Morgan fingerprint density at radius 1 is 1.42 bits per heavy atom. The summed E-state index contributed by atoms with van der Waals surface area (Å²) in [4.78, 5) is 23.8. The topological polar surface area (TPSA) is 99.1 Å². The normalized spacial score (nSPS) is 23.9. The number of piperidine rings is 1. The van der Waals surface area contributed by atoms with Gasteiger partial charge in [-0.05, 0) is 18.8 Å². The van der Waals surface area contributed by atoms with Gasteiger partial charge in [0, 0.05) is 32.3 Å². The van der Waals surface area contributed by atoms with Crippen molar-refractivity contribution < 1.29 is 24.5 Å². The number of carbonyl (C=O) groups is 2. The van der Waals surface area contributed by atoms with Crippen LogP contribution in [0.15, 0.2) is 0 Å². The zero-order valence-electron chi connectivity index (χ0n) is 11.2. The third-order valence-corrected chi connectivity index (χ3v) is 3.30. The third-order valence-electron chi connectivity index (χ3n) is 3.30. The molecule has 19 heavy (non-hydrogen) atoms. The smallest absolute Gasteiger partial charge is 0.407 e.